The van der Waals surface area contributed by atoms with E-state index in [1.807, 2.05) is 18.2 Å². The summed E-state index contributed by atoms with van der Waals surface area (Å²) in [5.41, 5.74) is 1.90. The van der Waals surface area contributed by atoms with Crippen LogP contribution in [0.4, 0.5) is 15.8 Å². The van der Waals surface area contributed by atoms with E-state index in [1.54, 1.807) is 6.20 Å². The molecule has 0 bridgehead atoms. The van der Waals surface area contributed by atoms with Gasteiger partial charge in [0.25, 0.3) is 0 Å². The van der Waals surface area contributed by atoms with Gasteiger partial charge in [-0.15, -0.1) is 0 Å². The molecular formula is C14H9ClFN5OS. The summed E-state index contributed by atoms with van der Waals surface area (Å²) >= 11 is 6.86. The van der Waals surface area contributed by atoms with E-state index in [4.69, 9.17) is 11.6 Å². The summed E-state index contributed by atoms with van der Waals surface area (Å²) in [6.07, 6.45) is 1.70. The molecule has 0 aliphatic carbocycles. The quantitative estimate of drug-likeness (QED) is 0.502. The number of aromatic amines is 1. The molecule has 3 aromatic rings. The van der Waals surface area contributed by atoms with E-state index in [9.17, 15) is 9.50 Å². The Morgan fingerprint density at radius 2 is 2.22 bits per heavy atom. The minimum atomic E-state index is -0.688. The lowest BCUT2D eigenvalue weighted by atomic mass is 10.2. The molecule has 0 saturated heterocycles. The Bertz CT molecular complexity index is 958. The second-order valence-electron chi connectivity index (χ2n) is 4.79. The summed E-state index contributed by atoms with van der Waals surface area (Å²) in [7, 11) is 0. The minimum absolute atomic E-state index is 0.224. The first-order chi connectivity index (χ1) is 11.1. The smallest absolute Gasteiger partial charge is 0.211 e. The van der Waals surface area contributed by atoms with Crippen LogP contribution in [0.3, 0.4) is 0 Å². The molecule has 1 aliphatic rings. The van der Waals surface area contributed by atoms with Crippen molar-refractivity contribution in [1.29, 1.82) is 0 Å². The third-order valence-electron chi connectivity index (χ3n) is 3.35. The van der Waals surface area contributed by atoms with Gasteiger partial charge in [-0.2, -0.15) is 5.10 Å². The van der Waals surface area contributed by atoms with E-state index in [1.165, 1.54) is 6.07 Å². The number of phenolic OH excluding ortho intramolecular Hbond substituents is 1. The first kappa shape index (κ1) is 14.2. The molecule has 23 heavy (non-hydrogen) atoms. The molecular weight excluding hydrogens is 341 g/mol. The molecule has 0 saturated carbocycles. The molecule has 2 heterocycles. The maximum atomic E-state index is 13.5. The van der Waals surface area contributed by atoms with Gasteiger partial charge in [-0.1, -0.05) is 17.7 Å². The monoisotopic (exact) mass is 349 g/mol. The highest BCUT2D eigenvalue weighted by Crippen LogP contribution is 2.44. The summed E-state index contributed by atoms with van der Waals surface area (Å²) in [5.74, 6) is -0.669. The van der Waals surface area contributed by atoms with Gasteiger partial charge in [-0.3, -0.25) is 9.82 Å². The third kappa shape index (κ3) is 2.36. The highest BCUT2D eigenvalue weighted by atomic mass is 35.5. The van der Waals surface area contributed by atoms with Crippen molar-refractivity contribution in [2.45, 2.75) is 4.90 Å². The SMILES string of the molecule is Oc1c(Cl)c(F)cc2c1N=C(Nc1cccc3[nH]ncc13)NS2. The van der Waals surface area contributed by atoms with Crippen molar-refractivity contribution >= 4 is 51.8 Å². The molecule has 0 spiro atoms. The van der Waals surface area contributed by atoms with Gasteiger partial charge in [0.15, 0.2) is 5.75 Å². The van der Waals surface area contributed by atoms with Crippen molar-refractivity contribution in [2.75, 3.05) is 5.32 Å². The Hall–Kier alpha value is -2.45. The lowest BCUT2D eigenvalue weighted by Crippen LogP contribution is -2.27. The fourth-order valence-corrected chi connectivity index (χ4v) is 3.11. The van der Waals surface area contributed by atoms with Gasteiger partial charge >= 0.3 is 0 Å². The first-order valence-corrected chi connectivity index (χ1v) is 7.74. The molecule has 4 rings (SSSR count). The third-order valence-corrected chi connectivity index (χ3v) is 4.54. The molecule has 0 amide bonds. The van der Waals surface area contributed by atoms with Gasteiger partial charge in [-0.05, 0) is 30.1 Å². The molecule has 2 aromatic carbocycles. The highest BCUT2D eigenvalue weighted by molar-refractivity contribution is 7.98. The van der Waals surface area contributed by atoms with Crippen LogP contribution >= 0.6 is 23.5 Å². The minimum Gasteiger partial charge on any atom is -0.504 e. The van der Waals surface area contributed by atoms with Crippen LogP contribution in [0.15, 0.2) is 40.4 Å². The van der Waals surface area contributed by atoms with Crippen molar-refractivity contribution in [3.8, 4) is 5.75 Å². The van der Waals surface area contributed by atoms with Gasteiger partial charge < -0.3 is 10.4 Å². The van der Waals surface area contributed by atoms with E-state index in [2.05, 4.69) is 25.2 Å². The fourth-order valence-electron chi connectivity index (χ4n) is 2.26. The number of phenols is 1. The zero-order chi connectivity index (χ0) is 16.0. The fraction of sp³-hybridized carbons (Fsp3) is 0. The number of anilines is 1. The van der Waals surface area contributed by atoms with Crippen LogP contribution in [0, 0.1) is 5.82 Å². The summed E-state index contributed by atoms with van der Waals surface area (Å²) in [4.78, 5) is 4.73. The molecule has 0 radical (unpaired) electrons. The van der Waals surface area contributed by atoms with Crippen molar-refractivity contribution < 1.29 is 9.50 Å². The van der Waals surface area contributed by atoms with Crippen LogP contribution < -0.4 is 10.0 Å². The Labute approximate surface area is 138 Å². The molecule has 1 aromatic heterocycles. The number of nitrogens with zero attached hydrogens (tertiary/aromatic N) is 2. The van der Waals surface area contributed by atoms with Crippen LogP contribution in [0.1, 0.15) is 0 Å². The van der Waals surface area contributed by atoms with Crippen LogP contribution in [0.25, 0.3) is 10.9 Å². The van der Waals surface area contributed by atoms with Gasteiger partial charge in [0.2, 0.25) is 5.96 Å². The zero-order valence-electron chi connectivity index (χ0n) is 11.4. The number of rotatable bonds is 1. The number of aromatic hydroxyl groups is 1. The lowest BCUT2D eigenvalue weighted by Gasteiger charge is -2.19. The van der Waals surface area contributed by atoms with Gasteiger partial charge in [-0.25, -0.2) is 9.38 Å². The van der Waals surface area contributed by atoms with Gasteiger partial charge in [0.1, 0.15) is 16.5 Å². The highest BCUT2D eigenvalue weighted by Gasteiger charge is 2.21. The summed E-state index contributed by atoms with van der Waals surface area (Å²) in [5, 5.41) is 20.5. The summed E-state index contributed by atoms with van der Waals surface area (Å²) in [6, 6.07) is 6.88. The maximum Gasteiger partial charge on any atom is 0.211 e. The van der Waals surface area contributed by atoms with Crippen molar-refractivity contribution in [2.24, 2.45) is 4.99 Å². The zero-order valence-corrected chi connectivity index (χ0v) is 13.0. The number of nitrogens with one attached hydrogen (secondary N) is 3. The second kappa shape index (κ2) is 5.32. The Kier molecular flexibility index (Phi) is 3.28. The number of hydrogen-bond acceptors (Lipinski definition) is 6. The number of fused-ring (bicyclic) bond motifs is 2. The molecule has 116 valence electrons. The molecule has 6 nitrogen and oxygen atoms in total. The number of aromatic nitrogens is 2. The van der Waals surface area contributed by atoms with Crippen molar-refractivity contribution in [3.63, 3.8) is 0 Å². The standard InChI is InChI=1S/C14H9ClFN5OS/c15-11-7(16)4-10-12(13(11)22)19-14(21-23-10)18-8-2-1-3-9-6(8)5-17-20-9/h1-5,22H,(H,17,20)(H2,18,19,21). The number of hydrogen-bond donors (Lipinski definition) is 4. The summed E-state index contributed by atoms with van der Waals surface area (Å²) < 4.78 is 16.5. The van der Waals surface area contributed by atoms with Gasteiger partial charge in [0.05, 0.1) is 22.3 Å². The number of H-pyrrole nitrogens is 1. The second-order valence-corrected chi connectivity index (χ2v) is 6.02. The largest absolute Gasteiger partial charge is 0.504 e. The van der Waals surface area contributed by atoms with E-state index < -0.39 is 5.82 Å². The number of benzene rings is 2. The van der Waals surface area contributed by atoms with Crippen molar-refractivity contribution in [3.05, 3.63) is 41.3 Å². The van der Waals surface area contributed by atoms with Crippen molar-refractivity contribution in [1.82, 2.24) is 14.9 Å². The Morgan fingerprint density at radius 1 is 1.35 bits per heavy atom. The lowest BCUT2D eigenvalue weighted by molar-refractivity contribution is 0.469. The van der Waals surface area contributed by atoms with Crippen LogP contribution in [-0.4, -0.2) is 21.3 Å². The average molecular weight is 350 g/mol. The molecule has 0 fully saturated rings. The molecule has 9 heteroatoms. The van der Waals surface area contributed by atoms with Crippen LogP contribution in [0.5, 0.6) is 5.75 Å². The molecule has 1 aliphatic heterocycles. The van der Waals surface area contributed by atoms with E-state index in [-0.39, 0.29) is 16.5 Å². The summed E-state index contributed by atoms with van der Waals surface area (Å²) in [6.45, 7) is 0. The van der Waals surface area contributed by atoms with E-state index in [0.717, 1.165) is 28.5 Å². The number of guanidine groups is 1. The molecule has 4 N–H and O–H groups in total. The number of aliphatic imine (C=N–C) groups is 1. The first-order valence-electron chi connectivity index (χ1n) is 6.55. The molecule has 0 unspecified atom stereocenters. The van der Waals surface area contributed by atoms with Crippen LogP contribution in [0.2, 0.25) is 5.02 Å². The Balaban J connectivity index is 1.74. The van der Waals surface area contributed by atoms with E-state index >= 15 is 0 Å². The molecule has 0 atom stereocenters. The van der Waals surface area contributed by atoms with E-state index in [0.29, 0.717) is 10.9 Å². The maximum absolute atomic E-state index is 13.5. The topological polar surface area (TPSA) is 85.3 Å². The number of halogens is 2. The predicted molar refractivity (Wildman–Crippen MR) is 88.9 cm³/mol. The average Bonchev–Trinajstić information content (AvgIpc) is 3.03. The normalized spacial score (nSPS) is 13.4. The van der Waals surface area contributed by atoms with Crippen LogP contribution in [-0.2, 0) is 0 Å². The Morgan fingerprint density at radius 3 is 3.09 bits per heavy atom. The predicted octanol–water partition coefficient (Wildman–Crippen LogP) is 3.77. The van der Waals surface area contributed by atoms with Gasteiger partial charge in [0, 0.05) is 5.39 Å².